The molecule has 23 heavy (non-hydrogen) atoms. The zero-order valence-electron chi connectivity index (χ0n) is 13.5. The van der Waals surface area contributed by atoms with Crippen molar-refractivity contribution < 1.29 is 14.6 Å². The first-order valence-electron chi connectivity index (χ1n) is 7.85. The van der Waals surface area contributed by atoms with Crippen molar-refractivity contribution in [2.75, 3.05) is 26.2 Å². The molecular weight excluding hydrogens is 292 g/mol. The molecule has 2 heterocycles. The van der Waals surface area contributed by atoms with Gasteiger partial charge in [0.05, 0.1) is 19.3 Å². The molecule has 2 N–H and O–H groups in total. The molecule has 1 atom stereocenters. The quantitative estimate of drug-likeness (QED) is 0.851. The third-order valence-electron chi connectivity index (χ3n) is 4.21. The molecule has 1 fully saturated rings. The van der Waals surface area contributed by atoms with E-state index >= 15 is 0 Å². The molecule has 5 nitrogen and oxygen atoms in total. The number of phenols is 1. The maximum Gasteiger partial charge on any atom is 0.178 e. The molecule has 0 bridgehead atoms. The van der Waals surface area contributed by atoms with Gasteiger partial charge in [-0.05, 0) is 37.6 Å². The third-order valence-corrected chi connectivity index (χ3v) is 4.21. The number of nitrogens with zero attached hydrogens (tertiary/aromatic N) is 1. The van der Waals surface area contributed by atoms with Crippen molar-refractivity contribution >= 4 is 5.78 Å². The van der Waals surface area contributed by atoms with Crippen LogP contribution in [-0.2, 0) is 4.74 Å². The number of aromatic amines is 1. The molecule has 1 aliphatic rings. The summed E-state index contributed by atoms with van der Waals surface area (Å²) in [6.45, 7) is 6.24. The number of ether oxygens (including phenoxy) is 1. The lowest BCUT2D eigenvalue weighted by atomic mass is 10.1. The molecule has 0 spiro atoms. The molecule has 1 aromatic heterocycles. The van der Waals surface area contributed by atoms with E-state index < -0.39 is 0 Å². The van der Waals surface area contributed by atoms with Gasteiger partial charge in [-0.1, -0.05) is 12.1 Å². The Morgan fingerprint density at radius 1 is 1.39 bits per heavy atom. The zero-order valence-corrected chi connectivity index (χ0v) is 13.5. The predicted molar refractivity (Wildman–Crippen MR) is 87.8 cm³/mol. The number of hydrogen-bond acceptors (Lipinski definition) is 4. The highest BCUT2D eigenvalue weighted by molar-refractivity contribution is 5.98. The monoisotopic (exact) mass is 314 g/mol. The number of aromatic hydroxyl groups is 1. The summed E-state index contributed by atoms with van der Waals surface area (Å²) in [5, 5.41) is 9.61. The van der Waals surface area contributed by atoms with Crippen LogP contribution in [0.4, 0.5) is 0 Å². The van der Waals surface area contributed by atoms with E-state index in [1.165, 1.54) is 0 Å². The van der Waals surface area contributed by atoms with E-state index in [0.29, 0.717) is 19.7 Å². The number of benzene rings is 1. The predicted octanol–water partition coefficient (Wildman–Crippen LogP) is 2.59. The molecule has 0 radical (unpaired) electrons. The molecule has 0 aliphatic carbocycles. The standard InChI is InChI=1S/C18H22N2O3/c1-12-8-16(13(2)19-12)17(22)10-20-6-7-23-18(11-20)14-4-3-5-15(21)9-14/h3-5,8-9,18-19,21H,6-7,10-11H2,1-2H3/t18-/m1/s1. The van der Waals surface area contributed by atoms with Crippen LogP contribution in [0.25, 0.3) is 0 Å². The number of aromatic nitrogens is 1. The summed E-state index contributed by atoms with van der Waals surface area (Å²) in [5.74, 6) is 0.362. The van der Waals surface area contributed by atoms with E-state index in [-0.39, 0.29) is 17.6 Å². The van der Waals surface area contributed by atoms with E-state index in [2.05, 4.69) is 9.88 Å². The largest absolute Gasteiger partial charge is 0.508 e. The number of carbonyl (C=O) groups is 1. The lowest BCUT2D eigenvalue weighted by Gasteiger charge is -2.32. The van der Waals surface area contributed by atoms with Crippen molar-refractivity contribution in [3.63, 3.8) is 0 Å². The van der Waals surface area contributed by atoms with Gasteiger partial charge in [-0.2, -0.15) is 0 Å². The smallest absolute Gasteiger partial charge is 0.178 e. The number of morpholine rings is 1. The number of aryl methyl sites for hydroxylation is 2. The number of nitrogens with one attached hydrogen (secondary N) is 1. The van der Waals surface area contributed by atoms with Crippen LogP contribution in [0.5, 0.6) is 5.75 Å². The molecule has 1 saturated heterocycles. The van der Waals surface area contributed by atoms with Gasteiger partial charge in [0.2, 0.25) is 0 Å². The molecule has 122 valence electrons. The van der Waals surface area contributed by atoms with E-state index in [9.17, 15) is 9.90 Å². The van der Waals surface area contributed by atoms with Crippen molar-refractivity contribution in [3.8, 4) is 5.75 Å². The second-order valence-corrected chi connectivity index (χ2v) is 6.10. The molecule has 3 rings (SSSR count). The lowest BCUT2D eigenvalue weighted by Crippen LogP contribution is -2.41. The van der Waals surface area contributed by atoms with Crippen LogP contribution in [-0.4, -0.2) is 47.0 Å². The Hall–Kier alpha value is -2.11. The summed E-state index contributed by atoms with van der Waals surface area (Å²) in [4.78, 5) is 17.8. The first-order chi connectivity index (χ1) is 11.0. The number of carbonyl (C=O) groups excluding carboxylic acids is 1. The Morgan fingerprint density at radius 3 is 2.91 bits per heavy atom. The third kappa shape index (κ3) is 3.63. The van der Waals surface area contributed by atoms with Gasteiger partial charge in [-0.15, -0.1) is 0 Å². The summed E-state index contributed by atoms with van der Waals surface area (Å²) in [6, 6.07) is 9.02. The molecule has 0 saturated carbocycles. The van der Waals surface area contributed by atoms with Gasteiger partial charge >= 0.3 is 0 Å². The first kappa shape index (κ1) is 15.8. The highest BCUT2D eigenvalue weighted by atomic mass is 16.5. The molecule has 2 aromatic rings. The van der Waals surface area contributed by atoms with Gasteiger partial charge in [0.25, 0.3) is 0 Å². The van der Waals surface area contributed by atoms with Crippen LogP contribution < -0.4 is 0 Å². The first-order valence-corrected chi connectivity index (χ1v) is 7.85. The van der Waals surface area contributed by atoms with Crippen LogP contribution in [0.2, 0.25) is 0 Å². The van der Waals surface area contributed by atoms with E-state index in [4.69, 9.17) is 4.74 Å². The van der Waals surface area contributed by atoms with E-state index in [1.807, 2.05) is 32.0 Å². The normalized spacial score (nSPS) is 19.0. The fraction of sp³-hybridized carbons (Fsp3) is 0.389. The van der Waals surface area contributed by atoms with Gasteiger partial charge in [0.1, 0.15) is 5.75 Å². The van der Waals surface area contributed by atoms with Gasteiger partial charge < -0.3 is 14.8 Å². The van der Waals surface area contributed by atoms with Crippen molar-refractivity contribution in [2.24, 2.45) is 0 Å². The number of H-pyrrole nitrogens is 1. The fourth-order valence-corrected chi connectivity index (χ4v) is 3.07. The number of phenolic OH excluding ortho intramolecular Hbond substituents is 1. The van der Waals surface area contributed by atoms with Gasteiger partial charge in [-0.25, -0.2) is 0 Å². The minimum atomic E-state index is -0.113. The van der Waals surface area contributed by atoms with E-state index in [0.717, 1.165) is 29.1 Å². The average molecular weight is 314 g/mol. The molecule has 0 amide bonds. The summed E-state index contributed by atoms with van der Waals surface area (Å²) in [5.41, 5.74) is 3.63. The topological polar surface area (TPSA) is 65.6 Å². The zero-order chi connectivity index (χ0) is 16.4. The lowest BCUT2D eigenvalue weighted by molar-refractivity contribution is -0.0275. The summed E-state index contributed by atoms with van der Waals surface area (Å²) in [7, 11) is 0. The Morgan fingerprint density at radius 2 is 2.22 bits per heavy atom. The number of hydrogen-bond donors (Lipinski definition) is 2. The number of ketones is 1. The summed E-state index contributed by atoms with van der Waals surface area (Å²) in [6.07, 6.45) is -0.113. The van der Waals surface area contributed by atoms with Crippen LogP contribution >= 0.6 is 0 Å². The maximum atomic E-state index is 12.5. The van der Waals surface area contributed by atoms with Crippen LogP contribution in [0.15, 0.2) is 30.3 Å². The van der Waals surface area contributed by atoms with Crippen molar-refractivity contribution in [3.05, 3.63) is 52.8 Å². The Balaban J connectivity index is 1.67. The Kier molecular flexibility index (Phi) is 4.50. The summed E-state index contributed by atoms with van der Waals surface area (Å²) < 4.78 is 5.79. The van der Waals surface area contributed by atoms with Crippen LogP contribution in [0.1, 0.15) is 33.4 Å². The minimum absolute atomic E-state index is 0.113. The Labute approximate surface area is 135 Å². The Bertz CT molecular complexity index is 708. The van der Waals surface area contributed by atoms with Crippen LogP contribution in [0.3, 0.4) is 0 Å². The maximum absolute atomic E-state index is 12.5. The average Bonchev–Trinajstić information content (AvgIpc) is 2.86. The molecule has 5 heteroatoms. The van der Waals surface area contributed by atoms with Crippen molar-refractivity contribution in [1.82, 2.24) is 9.88 Å². The van der Waals surface area contributed by atoms with Crippen molar-refractivity contribution in [2.45, 2.75) is 20.0 Å². The molecule has 0 unspecified atom stereocenters. The minimum Gasteiger partial charge on any atom is -0.508 e. The van der Waals surface area contributed by atoms with Gasteiger partial charge in [0.15, 0.2) is 5.78 Å². The summed E-state index contributed by atoms with van der Waals surface area (Å²) >= 11 is 0. The van der Waals surface area contributed by atoms with Crippen LogP contribution in [0, 0.1) is 13.8 Å². The van der Waals surface area contributed by atoms with Gasteiger partial charge in [0, 0.05) is 30.0 Å². The second kappa shape index (κ2) is 6.56. The number of rotatable bonds is 4. The van der Waals surface area contributed by atoms with Gasteiger partial charge in [-0.3, -0.25) is 9.69 Å². The highest BCUT2D eigenvalue weighted by Gasteiger charge is 2.24. The molecule has 1 aliphatic heterocycles. The molecule has 1 aromatic carbocycles. The second-order valence-electron chi connectivity index (χ2n) is 6.10. The van der Waals surface area contributed by atoms with E-state index in [1.54, 1.807) is 12.1 Å². The van der Waals surface area contributed by atoms with Crippen molar-refractivity contribution in [1.29, 1.82) is 0 Å². The number of Topliss-reactive ketones (excluding diaryl/α,β-unsaturated/α-hetero) is 1. The molecular formula is C18H22N2O3. The highest BCUT2D eigenvalue weighted by Crippen LogP contribution is 2.25. The fourth-order valence-electron chi connectivity index (χ4n) is 3.07. The SMILES string of the molecule is Cc1cc(C(=O)CN2CCO[C@@H](c3cccc(O)c3)C2)c(C)[nH]1.